The van der Waals surface area contributed by atoms with Gasteiger partial charge in [0.1, 0.15) is 12.4 Å². The number of hydrogen-bond donors (Lipinski definition) is 1. The van der Waals surface area contributed by atoms with Crippen molar-refractivity contribution in [2.24, 2.45) is 0 Å². The maximum Gasteiger partial charge on any atom is 0.139 e. The van der Waals surface area contributed by atoms with Crippen molar-refractivity contribution in [1.82, 2.24) is 14.5 Å². The van der Waals surface area contributed by atoms with Crippen molar-refractivity contribution < 1.29 is 5.11 Å². The molecule has 0 unspecified atom stereocenters. The molecule has 2 rings (SSSR count). The Morgan fingerprint density at radius 2 is 2.00 bits per heavy atom. The van der Waals surface area contributed by atoms with Gasteiger partial charge >= 0.3 is 0 Å². The maximum absolute atomic E-state index is 9.28. The van der Waals surface area contributed by atoms with Gasteiger partial charge in [-0.05, 0) is 18.1 Å². The molecule has 0 saturated heterocycles. The minimum Gasteiger partial charge on any atom is -0.388 e. The number of imidazole rings is 1. The highest BCUT2D eigenvalue weighted by molar-refractivity contribution is 5.32. The molecule has 0 atom stereocenters. The summed E-state index contributed by atoms with van der Waals surface area (Å²) in [6, 6.07) is 3.79. The highest BCUT2D eigenvalue weighted by Gasteiger charge is 2.10. The van der Waals surface area contributed by atoms with E-state index in [2.05, 4.69) is 23.8 Å². The third-order valence-corrected chi connectivity index (χ3v) is 2.47. The molecular formula is C12H15N3O. The molecule has 4 nitrogen and oxygen atoms in total. The van der Waals surface area contributed by atoms with Crippen molar-refractivity contribution >= 4 is 0 Å². The molecule has 2 heterocycles. The lowest BCUT2D eigenvalue weighted by molar-refractivity contribution is 0.269. The first-order valence-corrected chi connectivity index (χ1v) is 5.31. The number of aliphatic hydroxyl groups is 1. The first-order chi connectivity index (χ1) is 7.72. The van der Waals surface area contributed by atoms with Crippen molar-refractivity contribution in [2.45, 2.75) is 26.4 Å². The fourth-order valence-electron chi connectivity index (χ4n) is 1.56. The van der Waals surface area contributed by atoms with Gasteiger partial charge in [-0.15, -0.1) is 0 Å². The Bertz CT molecular complexity index is 462. The van der Waals surface area contributed by atoms with E-state index in [0.717, 1.165) is 11.4 Å². The average molecular weight is 217 g/mol. The molecule has 0 spiro atoms. The maximum atomic E-state index is 9.28. The highest BCUT2D eigenvalue weighted by atomic mass is 16.3. The molecule has 4 heteroatoms. The van der Waals surface area contributed by atoms with Gasteiger partial charge in [0.2, 0.25) is 0 Å². The third kappa shape index (κ3) is 1.97. The summed E-state index contributed by atoms with van der Waals surface area (Å²) in [5, 5.41) is 9.28. The van der Waals surface area contributed by atoms with Gasteiger partial charge in [0.05, 0.1) is 5.69 Å². The summed E-state index contributed by atoms with van der Waals surface area (Å²) in [4.78, 5) is 8.37. The van der Waals surface area contributed by atoms with E-state index in [4.69, 9.17) is 0 Å². The molecule has 2 aromatic rings. The molecule has 0 bridgehead atoms. The lowest BCUT2D eigenvalue weighted by Crippen LogP contribution is -1.99. The number of rotatable bonds is 3. The van der Waals surface area contributed by atoms with E-state index in [9.17, 15) is 5.11 Å². The molecule has 0 fully saturated rings. The predicted octanol–water partition coefficient (Wildman–Crippen LogP) is 1.88. The molecule has 84 valence electrons. The number of aliphatic hydroxyl groups excluding tert-OH is 1. The topological polar surface area (TPSA) is 50.9 Å². The van der Waals surface area contributed by atoms with Gasteiger partial charge in [-0.1, -0.05) is 13.8 Å². The van der Waals surface area contributed by atoms with Crippen LogP contribution in [-0.4, -0.2) is 19.6 Å². The van der Waals surface area contributed by atoms with Crippen LogP contribution in [0.25, 0.3) is 5.69 Å². The minimum atomic E-state index is -0.0605. The standard InChI is InChI=1S/C12H15N3O/c1-9(2)11-7-15(12(8-16)14-11)10-3-5-13-6-4-10/h3-7,9,16H,8H2,1-2H3. The van der Waals surface area contributed by atoms with Crippen LogP contribution >= 0.6 is 0 Å². The molecule has 0 radical (unpaired) electrons. The minimum absolute atomic E-state index is 0.0605. The second-order valence-corrected chi connectivity index (χ2v) is 3.97. The van der Waals surface area contributed by atoms with Crippen LogP contribution in [-0.2, 0) is 6.61 Å². The van der Waals surface area contributed by atoms with Crippen LogP contribution in [0.2, 0.25) is 0 Å². The van der Waals surface area contributed by atoms with Crippen LogP contribution in [0, 0.1) is 0 Å². The van der Waals surface area contributed by atoms with E-state index in [1.54, 1.807) is 12.4 Å². The summed E-state index contributed by atoms with van der Waals surface area (Å²) in [6.45, 7) is 4.11. The van der Waals surface area contributed by atoms with Crippen LogP contribution in [0.5, 0.6) is 0 Å². The normalized spacial score (nSPS) is 11.0. The monoisotopic (exact) mass is 217 g/mol. The Balaban J connectivity index is 2.48. The summed E-state index contributed by atoms with van der Waals surface area (Å²) in [5.74, 6) is 1.02. The van der Waals surface area contributed by atoms with Gasteiger partial charge in [0, 0.05) is 24.3 Å². The van der Waals surface area contributed by atoms with E-state index in [0.29, 0.717) is 11.7 Å². The van der Waals surface area contributed by atoms with Gasteiger partial charge in [-0.2, -0.15) is 0 Å². The molecule has 0 amide bonds. The zero-order chi connectivity index (χ0) is 11.5. The zero-order valence-electron chi connectivity index (χ0n) is 9.46. The van der Waals surface area contributed by atoms with Gasteiger partial charge in [-0.25, -0.2) is 4.98 Å². The quantitative estimate of drug-likeness (QED) is 0.854. The molecule has 0 aliphatic carbocycles. The molecule has 0 aliphatic heterocycles. The SMILES string of the molecule is CC(C)c1cn(-c2ccncc2)c(CO)n1. The van der Waals surface area contributed by atoms with Gasteiger partial charge < -0.3 is 9.67 Å². The lowest BCUT2D eigenvalue weighted by atomic mass is 10.2. The highest BCUT2D eigenvalue weighted by Crippen LogP contribution is 2.17. The van der Waals surface area contributed by atoms with Crippen molar-refractivity contribution in [2.75, 3.05) is 0 Å². The van der Waals surface area contributed by atoms with Crippen LogP contribution in [0.15, 0.2) is 30.7 Å². The predicted molar refractivity (Wildman–Crippen MR) is 61.4 cm³/mol. The average Bonchev–Trinajstić information content (AvgIpc) is 2.74. The van der Waals surface area contributed by atoms with Crippen molar-refractivity contribution in [3.05, 3.63) is 42.2 Å². The Labute approximate surface area is 94.6 Å². The van der Waals surface area contributed by atoms with Crippen LogP contribution < -0.4 is 0 Å². The van der Waals surface area contributed by atoms with Gasteiger partial charge in [-0.3, -0.25) is 4.98 Å². The number of pyridine rings is 1. The fraction of sp³-hybridized carbons (Fsp3) is 0.333. The molecule has 1 N–H and O–H groups in total. The fourth-order valence-corrected chi connectivity index (χ4v) is 1.56. The van der Waals surface area contributed by atoms with E-state index in [1.165, 1.54) is 0 Å². The van der Waals surface area contributed by atoms with Crippen molar-refractivity contribution in [3.63, 3.8) is 0 Å². The van der Waals surface area contributed by atoms with E-state index in [1.807, 2.05) is 22.9 Å². The summed E-state index contributed by atoms with van der Waals surface area (Å²) >= 11 is 0. The molecular weight excluding hydrogens is 202 g/mol. The largest absolute Gasteiger partial charge is 0.388 e. The van der Waals surface area contributed by atoms with Crippen molar-refractivity contribution in [1.29, 1.82) is 0 Å². The number of hydrogen-bond acceptors (Lipinski definition) is 3. The summed E-state index contributed by atoms with van der Waals surface area (Å²) < 4.78 is 1.90. The number of nitrogens with zero attached hydrogens (tertiary/aromatic N) is 3. The first kappa shape index (κ1) is 10.8. The second-order valence-electron chi connectivity index (χ2n) is 3.97. The van der Waals surface area contributed by atoms with Gasteiger partial charge in [0.15, 0.2) is 0 Å². The Kier molecular flexibility index (Phi) is 3.01. The third-order valence-electron chi connectivity index (χ3n) is 2.47. The van der Waals surface area contributed by atoms with Crippen LogP contribution in [0.3, 0.4) is 0 Å². The smallest absolute Gasteiger partial charge is 0.139 e. The van der Waals surface area contributed by atoms with Crippen LogP contribution in [0.4, 0.5) is 0 Å². The molecule has 0 aliphatic rings. The Morgan fingerprint density at radius 1 is 1.31 bits per heavy atom. The van der Waals surface area contributed by atoms with E-state index in [-0.39, 0.29) is 6.61 Å². The summed E-state index contributed by atoms with van der Waals surface area (Å²) in [5.41, 5.74) is 1.96. The Morgan fingerprint density at radius 3 is 2.56 bits per heavy atom. The van der Waals surface area contributed by atoms with E-state index < -0.39 is 0 Å². The molecule has 0 aromatic carbocycles. The Hall–Kier alpha value is -1.68. The first-order valence-electron chi connectivity index (χ1n) is 5.31. The van der Waals surface area contributed by atoms with Crippen molar-refractivity contribution in [3.8, 4) is 5.69 Å². The molecule has 0 saturated carbocycles. The summed E-state index contributed by atoms with van der Waals surface area (Å²) in [7, 11) is 0. The molecule has 2 aromatic heterocycles. The van der Waals surface area contributed by atoms with Crippen LogP contribution in [0.1, 0.15) is 31.3 Å². The summed E-state index contributed by atoms with van der Waals surface area (Å²) in [6.07, 6.45) is 5.42. The second kappa shape index (κ2) is 4.45. The zero-order valence-corrected chi connectivity index (χ0v) is 9.46. The molecule has 16 heavy (non-hydrogen) atoms. The lowest BCUT2D eigenvalue weighted by Gasteiger charge is -2.04. The number of aromatic nitrogens is 3. The van der Waals surface area contributed by atoms with Gasteiger partial charge in [0.25, 0.3) is 0 Å². The van der Waals surface area contributed by atoms with E-state index >= 15 is 0 Å².